The summed E-state index contributed by atoms with van der Waals surface area (Å²) < 4.78 is 11.6. The molecule has 0 saturated carbocycles. The molecule has 0 spiro atoms. The van der Waals surface area contributed by atoms with Crippen molar-refractivity contribution in [2.24, 2.45) is 0 Å². The SMILES string of the molecule is CN(CCO)CC(O)COc1cccc2c(=O)c3ccccc3oc12. The van der Waals surface area contributed by atoms with E-state index in [2.05, 4.69) is 0 Å². The fraction of sp³-hybridized carbons (Fsp3) is 0.316. The third-order valence-electron chi connectivity index (χ3n) is 4.00. The minimum absolute atomic E-state index is 0.0334. The maximum Gasteiger partial charge on any atom is 0.200 e. The van der Waals surface area contributed by atoms with Gasteiger partial charge in [-0.15, -0.1) is 0 Å². The van der Waals surface area contributed by atoms with Crippen LogP contribution in [0.4, 0.5) is 0 Å². The van der Waals surface area contributed by atoms with Gasteiger partial charge in [-0.25, -0.2) is 0 Å². The molecule has 0 fully saturated rings. The quantitative estimate of drug-likeness (QED) is 0.634. The topological polar surface area (TPSA) is 83.1 Å². The average Bonchev–Trinajstić information content (AvgIpc) is 2.60. The van der Waals surface area contributed by atoms with Gasteiger partial charge in [0.1, 0.15) is 18.3 Å². The van der Waals surface area contributed by atoms with Crippen molar-refractivity contribution in [2.75, 3.05) is 33.4 Å². The molecule has 3 aromatic rings. The maximum absolute atomic E-state index is 12.6. The van der Waals surface area contributed by atoms with E-state index in [-0.39, 0.29) is 18.6 Å². The van der Waals surface area contributed by atoms with Crippen LogP contribution >= 0.6 is 0 Å². The van der Waals surface area contributed by atoms with E-state index in [1.54, 1.807) is 42.5 Å². The van der Waals surface area contributed by atoms with E-state index in [4.69, 9.17) is 14.3 Å². The Balaban J connectivity index is 1.86. The largest absolute Gasteiger partial charge is 0.487 e. The third-order valence-corrected chi connectivity index (χ3v) is 4.00. The first-order valence-electron chi connectivity index (χ1n) is 8.15. The molecule has 132 valence electrons. The summed E-state index contributed by atoms with van der Waals surface area (Å²) in [6.07, 6.45) is -0.723. The molecule has 1 aromatic heterocycles. The van der Waals surface area contributed by atoms with E-state index in [9.17, 15) is 9.90 Å². The fourth-order valence-corrected chi connectivity index (χ4v) is 2.77. The van der Waals surface area contributed by atoms with E-state index in [1.807, 2.05) is 11.9 Å². The van der Waals surface area contributed by atoms with E-state index in [0.717, 1.165) is 0 Å². The Kier molecular flexibility index (Phi) is 5.33. The second kappa shape index (κ2) is 7.65. The Labute approximate surface area is 144 Å². The van der Waals surface area contributed by atoms with Gasteiger partial charge in [-0.1, -0.05) is 18.2 Å². The van der Waals surface area contributed by atoms with Crippen molar-refractivity contribution in [3.05, 3.63) is 52.7 Å². The number of nitrogens with zero attached hydrogens (tertiary/aromatic N) is 1. The predicted molar refractivity (Wildman–Crippen MR) is 96.1 cm³/mol. The lowest BCUT2D eigenvalue weighted by atomic mass is 10.1. The predicted octanol–water partition coefficient (Wildman–Crippen LogP) is 1.61. The van der Waals surface area contributed by atoms with Crippen molar-refractivity contribution >= 4 is 21.9 Å². The van der Waals surface area contributed by atoms with Crippen molar-refractivity contribution in [3.8, 4) is 5.75 Å². The molecule has 25 heavy (non-hydrogen) atoms. The van der Waals surface area contributed by atoms with Crippen molar-refractivity contribution in [2.45, 2.75) is 6.10 Å². The van der Waals surface area contributed by atoms with E-state index in [0.29, 0.717) is 40.8 Å². The van der Waals surface area contributed by atoms with Gasteiger partial charge in [-0.05, 0) is 31.3 Å². The summed E-state index contributed by atoms with van der Waals surface area (Å²) in [6, 6.07) is 12.2. The Morgan fingerprint density at radius 2 is 1.92 bits per heavy atom. The molecule has 0 amide bonds. The van der Waals surface area contributed by atoms with Crippen LogP contribution < -0.4 is 10.2 Å². The van der Waals surface area contributed by atoms with Gasteiger partial charge in [0.15, 0.2) is 11.3 Å². The lowest BCUT2D eigenvalue weighted by molar-refractivity contribution is 0.0713. The molecule has 2 N–H and O–H groups in total. The number of aliphatic hydroxyl groups excluding tert-OH is 2. The summed E-state index contributed by atoms with van der Waals surface area (Å²) in [7, 11) is 1.81. The lowest BCUT2D eigenvalue weighted by Crippen LogP contribution is -2.34. The van der Waals surface area contributed by atoms with Crippen LogP contribution in [0.3, 0.4) is 0 Å². The van der Waals surface area contributed by atoms with Crippen LogP contribution in [-0.2, 0) is 0 Å². The Morgan fingerprint density at radius 1 is 1.16 bits per heavy atom. The first-order valence-corrected chi connectivity index (χ1v) is 8.15. The molecular formula is C19H21NO5. The van der Waals surface area contributed by atoms with Gasteiger partial charge in [0.25, 0.3) is 0 Å². The fourth-order valence-electron chi connectivity index (χ4n) is 2.77. The highest BCUT2D eigenvalue weighted by Gasteiger charge is 2.14. The zero-order valence-electron chi connectivity index (χ0n) is 14.0. The Morgan fingerprint density at radius 3 is 2.72 bits per heavy atom. The third kappa shape index (κ3) is 3.82. The number of rotatable bonds is 7. The Hall–Kier alpha value is -2.41. The molecule has 6 heteroatoms. The van der Waals surface area contributed by atoms with Gasteiger partial charge in [0.2, 0.25) is 5.43 Å². The molecule has 1 unspecified atom stereocenters. The summed E-state index contributed by atoms with van der Waals surface area (Å²) in [6.45, 7) is 0.946. The minimum atomic E-state index is -0.723. The molecule has 6 nitrogen and oxygen atoms in total. The van der Waals surface area contributed by atoms with E-state index in [1.165, 1.54) is 0 Å². The number of fused-ring (bicyclic) bond motifs is 2. The van der Waals surface area contributed by atoms with Gasteiger partial charge >= 0.3 is 0 Å². The molecule has 1 heterocycles. The molecule has 0 bridgehead atoms. The van der Waals surface area contributed by atoms with Crippen LogP contribution in [0.1, 0.15) is 0 Å². The van der Waals surface area contributed by atoms with E-state index >= 15 is 0 Å². The van der Waals surface area contributed by atoms with Crippen LogP contribution in [0.25, 0.3) is 21.9 Å². The Bertz CT molecular complexity index is 920. The summed E-state index contributed by atoms with van der Waals surface area (Å²) in [4.78, 5) is 14.4. The molecule has 0 aliphatic rings. The number of aliphatic hydroxyl groups is 2. The molecule has 2 aromatic carbocycles. The average molecular weight is 343 g/mol. The van der Waals surface area contributed by atoms with Crippen molar-refractivity contribution < 1.29 is 19.4 Å². The van der Waals surface area contributed by atoms with Crippen LogP contribution in [-0.4, -0.2) is 54.6 Å². The molecule has 0 saturated heterocycles. The highest BCUT2D eigenvalue weighted by Crippen LogP contribution is 2.27. The highest BCUT2D eigenvalue weighted by molar-refractivity contribution is 5.92. The van der Waals surface area contributed by atoms with Gasteiger partial charge in [0, 0.05) is 13.1 Å². The summed E-state index contributed by atoms with van der Waals surface area (Å²) in [5, 5.41) is 19.9. The monoisotopic (exact) mass is 343 g/mol. The van der Waals surface area contributed by atoms with Crippen molar-refractivity contribution in [3.63, 3.8) is 0 Å². The van der Waals surface area contributed by atoms with Crippen LogP contribution in [0.2, 0.25) is 0 Å². The molecule has 0 aliphatic carbocycles. The standard InChI is InChI=1S/C19H21NO5/c1-20(9-10-21)11-13(22)12-24-17-8-4-6-15-18(23)14-5-2-3-7-16(14)25-19(15)17/h2-8,13,21-22H,9-12H2,1H3. The first-order chi connectivity index (χ1) is 12.1. The molecule has 3 rings (SSSR count). The summed E-state index contributed by atoms with van der Waals surface area (Å²) in [5.41, 5.74) is 0.770. The number of hydrogen-bond donors (Lipinski definition) is 2. The normalized spacial score (nSPS) is 12.8. The van der Waals surface area contributed by atoms with Crippen molar-refractivity contribution in [1.29, 1.82) is 0 Å². The number of likely N-dealkylation sites (N-methyl/N-ethyl adjacent to an activating group) is 1. The zero-order chi connectivity index (χ0) is 17.8. The highest BCUT2D eigenvalue weighted by atomic mass is 16.5. The van der Waals surface area contributed by atoms with Gasteiger partial charge in [-0.2, -0.15) is 0 Å². The molecule has 1 atom stereocenters. The van der Waals surface area contributed by atoms with Gasteiger partial charge in [-0.3, -0.25) is 4.79 Å². The van der Waals surface area contributed by atoms with Crippen LogP contribution in [0.15, 0.2) is 51.7 Å². The maximum atomic E-state index is 12.6. The van der Waals surface area contributed by atoms with Crippen molar-refractivity contribution in [1.82, 2.24) is 4.90 Å². The molecular weight excluding hydrogens is 322 g/mol. The number of benzene rings is 2. The molecule has 0 radical (unpaired) electrons. The molecule has 0 aliphatic heterocycles. The smallest absolute Gasteiger partial charge is 0.200 e. The second-order valence-electron chi connectivity index (χ2n) is 6.01. The summed E-state index contributed by atoms with van der Waals surface area (Å²) in [5.74, 6) is 0.421. The number of hydrogen-bond acceptors (Lipinski definition) is 6. The first kappa shape index (κ1) is 17.4. The van der Waals surface area contributed by atoms with Gasteiger partial charge < -0.3 is 24.3 Å². The van der Waals surface area contributed by atoms with E-state index < -0.39 is 6.10 Å². The van der Waals surface area contributed by atoms with Crippen LogP contribution in [0.5, 0.6) is 5.75 Å². The minimum Gasteiger partial charge on any atom is -0.487 e. The summed E-state index contributed by atoms with van der Waals surface area (Å²) >= 11 is 0. The van der Waals surface area contributed by atoms with Crippen LogP contribution in [0, 0.1) is 0 Å². The lowest BCUT2D eigenvalue weighted by Gasteiger charge is -2.19. The number of ether oxygens (including phenoxy) is 1. The number of para-hydroxylation sites is 2. The zero-order valence-corrected chi connectivity index (χ0v) is 14.0. The van der Waals surface area contributed by atoms with Gasteiger partial charge in [0.05, 0.1) is 17.4 Å². The second-order valence-corrected chi connectivity index (χ2v) is 6.01.